The maximum Gasteiger partial charge on any atom is 0.325 e. The molecule has 0 spiro atoms. The molecule has 1 heterocycles. The van der Waals surface area contributed by atoms with Crippen molar-refractivity contribution in [2.24, 2.45) is 0 Å². The van der Waals surface area contributed by atoms with E-state index in [0.29, 0.717) is 0 Å². The topological polar surface area (TPSA) is 94.8 Å². The fraction of sp³-hybridized carbons (Fsp3) is 0.154. The van der Waals surface area contributed by atoms with Crippen molar-refractivity contribution in [2.45, 2.75) is 13.0 Å². The molecule has 0 aliphatic carbocycles. The van der Waals surface area contributed by atoms with Crippen LogP contribution in [0.15, 0.2) is 46.1 Å². The van der Waals surface area contributed by atoms with Gasteiger partial charge in [-0.15, -0.1) is 0 Å². The fourth-order valence-corrected chi connectivity index (χ4v) is 1.68. The molecule has 2 aromatic rings. The summed E-state index contributed by atoms with van der Waals surface area (Å²) in [5.74, 6) is -0.533. The van der Waals surface area contributed by atoms with E-state index in [9.17, 15) is 14.4 Å². The van der Waals surface area contributed by atoms with Crippen LogP contribution in [0.5, 0.6) is 0 Å². The summed E-state index contributed by atoms with van der Waals surface area (Å²) in [6.07, 6.45) is 1.11. The van der Waals surface area contributed by atoms with E-state index in [1.807, 2.05) is 42.2 Å². The molecule has 2 rings (SSSR count). The van der Waals surface area contributed by atoms with Crippen molar-refractivity contribution in [3.63, 3.8) is 0 Å². The van der Waals surface area contributed by atoms with Crippen LogP contribution in [0.2, 0.25) is 0 Å². The zero-order valence-corrected chi connectivity index (χ0v) is 10.3. The lowest BCUT2D eigenvalue weighted by atomic mass is 10.1. The van der Waals surface area contributed by atoms with E-state index in [4.69, 9.17) is 0 Å². The Morgan fingerprint density at radius 2 is 1.89 bits per heavy atom. The van der Waals surface area contributed by atoms with Crippen molar-refractivity contribution < 1.29 is 4.79 Å². The average molecular weight is 259 g/mol. The SMILES string of the molecule is CC(NC(=O)c1c[nH]c(=O)[nH]c1=O)c1ccccc1. The first kappa shape index (κ1) is 12.8. The van der Waals surface area contributed by atoms with E-state index < -0.39 is 17.2 Å². The summed E-state index contributed by atoms with van der Waals surface area (Å²) < 4.78 is 0. The van der Waals surface area contributed by atoms with Gasteiger partial charge in [0.25, 0.3) is 11.5 Å². The Balaban J connectivity index is 2.18. The molecule has 3 N–H and O–H groups in total. The number of benzene rings is 1. The van der Waals surface area contributed by atoms with Crippen molar-refractivity contribution in [2.75, 3.05) is 0 Å². The number of rotatable bonds is 3. The third kappa shape index (κ3) is 2.98. The Bertz CT molecular complexity index is 688. The lowest BCUT2D eigenvalue weighted by Crippen LogP contribution is -2.34. The van der Waals surface area contributed by atoms with Crippen LogP contribution < -0.4 is 16.6 Å². The van der Waals surface area contributed by atoms with Crippen LogP contribution in [-0.4, -0.2) is 15.9 Å². The highest BCUT2D eigenvalue weighted by Crippen LogP contribution is 2.11. The minimum atomic E-state index is -0.707. The first-order chi connectivity index (χ1) is 9.08. The van der Waals surface area contributed by atoms with Gasteiger partial charge in [0, 0.05) is 6.20 Å². The molecule has 98 valence electrons. The third-order valence-electron chi connectivity index (χ3n) is 2.71. The molecular formula is C13H13N3O3. The second-order valence-corrected chi connectivity index (χ2v) is 4.09. The number of amides is 1. The molecule has 0 fully saturated rings. The van der Waals surface area contributed by atoms with Crippen LogP contribution in [-0.2, 0) is 0 Å². The molecule has 1 aromatic heterocycles. The highest BCUT2D eigenvalue weighted by molar-refractivity contribution is 5.93. The highest BCUT2D eigenvalue weighted by atomic mass is 16.2. The summed E-state index contributed by atoms with van der Waals surface area (Å²) in [4.78, 5) is 38.5. The van der Waals surface area contributed by atoms with Gasteiger partial charge >= 0.3 is 5.69 Å². The maximum absolute atomic E-state index is 11.9. The normalized spacial score (nSPS) is 11.8. The van der Waals surface area contributed by atoms with Crippen LogP contribution in [0, 0.1) is 0 Å². The predicted molar refractivity (Wildman–Crippen MR) is 70.0 cm³/mol. The lowest BCUT2D eigenvalue weighted by Gasteiger charge is -2.13. The van der Waals surface area contributed by atoms with E-state index in [1.54, 1.807) is 0 Å². The molecule has 1 unspecified atom stereocenters. The van der Waals surface area contributed by atoms with Gasteiger partial charge in [-0.2, -0.15) is 0 Å². The number of nitrogens with one attached hydrogen (secondary N) is 3. The molecule has 1 atom stereocenters. The number of carbonyl (C=O) groups excluding carboxylic acids is 1. The quantitative estimate of drug-likeness (QED) is 0.751. The molecule has 0 bridgehead atoms. The second kappa shape index (κ2) is 5.34. The van der Waals surface area contributed by atoms with Gasteiger partial charge in [-0.25, -0.2) is 4.79 Å². The monoisotopic (exact) mass is 259 g/mol. The van der Waals surface area contributed by atoms with Crippen molar-refractivity contribution >= 4 is 5.91 Å². The third-order valence-corrected chi connectivity index (χ3v) is 2.71. The van der Waals surface area contributed by atoms with E-state index in [-0.39, 0.29) is 11.6 Å². The van der Waals surface area contributed by atoms with Crippen LogP contribution >= 0.6 is 0 Å². The van der Waals surface area contributed by atoms with Gasteiger partial charge in [0.15, 0.2) is 0 Å². The Hall–Kier alpha value is -2.63. The van der Waals surface area contributed by atoms with Gasteiger partial charge in [-0.3, -0.25) is 14.6 Å². The van der Waals surface area contributed by atoms with E-state index >= 15 is 0 Å². The molecule has 6 heteroatoms. The lowest BCUT2D eigenvalue weighted by molar-refractivity contribution is 0.0938. The Kier molecular flexibility index (Phi) is 3.61. The fourth-order valence-electron chi connectivity index (χ4n) is 1.68. The zero-order valence-electron chi connectivity index (χ0n) is 10.3. The molecule has 0 aliphatic rings. The molecule has 0 radical (unpaired) electrons. The summed E-state index contributed by atoms with van der Waals surface area (Å²) in [6.45, 7) is 1.81. The average Bonchev–Trinajstić information content (AvgIpc) is 2.39. The van der Waals surface area contributed by atoms with Crippen LogP contribution in [0.3, 0.4) is 0 Å². The molecule has 19 heavy (non-hydrogen) atoms. The van der Waals surface area contributed by atoms with Crippen LogP contribution in [0.1, 0.15) is 28.9 Å². The van der Waals surface area contributed by atoms with Crippen molar-refractivity contribution in [1.82, 2.24) is 15.3 Å². The summed E-state index contributed by atoms with van der Waals surface area (Å²) in [5.41, 5.74) is -0.543. The molecule has 0 saturated heterocycles. The number of hydrogen-bond donors (Lipinski definition) is 3. The van der Waals surface area contributed by atoms with Crippen molar-refractivity contribution in [3.8, 4) is 0 Å². The standard InChI is InChI=1S/C13H13N3O3/c1-8(9-5-3-2-4-6-9)15-11(17)10-7-14-13(19)16-12(10)18/h2-8H,1H3,(H,15,17)(H2,14,16,18,19). The number of hydrogen-bond acceptors (Lipinski definition) is 3. The Morgan fingerprint density at radius 3 is 2.53 bits per heavy atom. The van der Waals surface area contributed by atoms with Gasteiger partial charge in [0.05, 0.1) is 6.04 Å². The smallest absolute Gasteiger partial charge is 0.325 e. The minimum absolute atomic E-state index is 0.123. The summed E-state index contributed by atoms with van der Waals surface area (Å²) in [5, 5.41) is 2.69. The number of carbonyl (C=O) groups is 1. The predicted octanol–water partition coefficient (Wildman–Crippen LogP) is 0.554. The maximum atomic E-state index is 11.9. The minimum Gasteiger partial charge on any atom is -0.345 e. The van der Waals surface area contributed by atoms with Gasteiger partial charge in [-0.1, -0.05) is 30.3 Å². The molecule has 6 nitrogen and oxygen atoms in total. The molecule has 0 aliphatic heterocycles. The number of aromatic amines is 2. The van der Waals surface area contributed by atoms with Gasteiger partial charge in [0.2, 0.25) is 0 Å². The van der Waals surface area contributed by atoms with Crippen LogP contribution in [0.4, 0.5) is 0 Å². The molecule has 1 aromatic carbocycles. The van der Waals surface area contributed by atoms with Crippen molar-refractivity contribution in [1.29, 1.82) is 0 Å². The summed E-state index contributed by atoms with van der Waals surface area (Å²) in [6, 6.07) is 9.13. The molecule has 0 saturated carbocycles. The molecular weight excluding hydrogens is 246 g/mol. The van der Waals surface area contributed by atoms with Gasteiger partial charge in [-0.05, 0) is 12.5 Å². The summed E-state index contributed by atoms with van der Waals surface area (Å²) in [7, 11) is 0. The first-order valence-electron chi connectivity index (χ1n) is 5.76. The van der Waals surface area contributed by atoms with E-state index in [2.05, 4.69) is 10.3 Å². The van der Waals surface area contributed by atoms with Gasteiger partial charge in [0.1, 0.15) is 5.56 Å². The van der Waals surface area contributed by atoms with E-state index in [1.165, 1.54) is 0 Å². The Morgan fingerprint density at radius 1 is 1.21 bits per heavy atom. The largest absolute Gasteiger partial charge is 0.345 e. The number of aromatic nitrogens is 2. The second-order valence-electron chi connectivity index (χ2n) is 4.09. The van der Waals surface area contributed by atoms with Crippen molar-refractivity contribution in [3.05, 3.63) is 68.5 Å². The summed E-state index contributed by atoms with van der Waals surface area (Å²) >= 11 is 0. The Labute approximate surface area is 108 Å². The molecule has 1 amide bonds. The van der Waals surface area contributed by atoms with E-state index in [0.717, 1.165) is 11.8 Å². The zero-order chi connectivity index (χ0) is 13.8. The van der Waals surface area contributed by atoms with Gasteiger partial charge < -0.3 is 10.3 Å². The van der Waals surface area contributed by atoms with Crippen LogP contribution in [0.25, 0.3) is 0 Å². The first-order valence-corrected chi connectivity index (χ1v) is 5.76. The highest BCUT2D eigenvalue weighted by Gasteiger charge is 2.14. The number of H-pyrrole nitrogens is 2.